The molecule has 0 unspecified atom stereocenters. The van der Waals surface area contributed by atoms with Crippen LogP contribution in [0, 0.1) is 17.3 Å². The van der Waals surface area contributed by atoms with Gasteiger partial charge in [0, 0.05) is 6.42 Å². The van der Waals surface area contributed by atoms with E-state index in [0.29, 0.717) is 11.3 Å². The van der Waals surface area contributed by atoms with Crippen molar-refractivity contribution in [3.05, 3.63) is 12.2 Å². The molecular weight excluding hydrogens is 236 g/mol. The Morgan fingerprint density at radius 2 is 2.00 bits per heavy atom. The van der Waals surface area contributed by atoms with Gasteiger partial charge in [0.05, 0.1) is 12.2 Å². The van der Waals surface area contributed by atoms with Gasteiger partial charge in [-0.05, 0) is 62.7 Å². The van der Waals surface area contributed by atoms with Crippen molar-refractivity contribution in [1.29, 1.82) is 0 Å². The minimum absolute atomic E-state index is 0.0237. The summed E-state index contributed by atoms with van der Waals surface area (Å²) in [6.07, 6.45) is 8.68. The van der Waals surface area contributed by atoms with Crippen molar-refractivity contribution in [1.82, 2.24) is 0 Å². The molecule has 2 aliphatic heterocycles. The third kappa shape index (κ3) is 1.50. The Balaban J connectivity index is 1.73. The standard InChI is InChI=1S/C17H26O2/c1-12-5-4-8-15(2)13(12)6-10-17-11-18-16(3,19-17)9-7-14(15)17/h13-14H,1,4-11H2,2-3H3/t13-,14+,15-,16-,17-/m0/s1. The summed E-state index contributed by atoms with van der Waals surface area (Å²) in [6.45, 7) is 9.85. The van der Waals surface area contributed by atoms with E-state index >= 15 is 0 Å². The molecule has 2 heteroatoms. The first-order chi connectivity index (χ1) is 8.98. The molecule has 2 heterocycles. The van der Waals surface area contributed by atoms with Crippen LogP contribution in [0.3, 0.4) is 0 Å². The highest BCUT2D eigenvalue weighted by atomic mass is 16.8. The van der Waals surface area contributed by atoms with Crippen LogP contribution in [0.15, 0.2) is 12.2 Å². The Kier molecular flexibility index (Phi) is 2.38. The van der Waals surface area contributed by atoms with Crippen LogP contribution in [0.1, 0.15) is 58.8 Å². The second-order valence-electron chi connectivity index (χ2n) is 7.79. The van der Waals surface area contributed by atoms with Gasteiger partial charge in [-0.2, -0.15) is 0 Å². The van der Waals surface area contributed by atoms with Crippen LogP contribution in [0.4, 0.5) is 0 Å². The zero-order valence-electron chi connectivity index (χ0n) is 12.3. The van der Waals surface area contributed by atoms with Crippen molar-refractivity contribution >= 4 is 0 Å². The fourth-order valence-electron chi connectivity index (χ4n) is 5.81. The van der Waals surface area contributed by atoms with Crippen LogP contribution in [0.5, 0.6) is 0 Å². The highest BCUT2D eigenvalue weighted by Crippen LogP contribution is 2.64. The Morgan fingerprint density at radius 3 is 2.84 bits per heavy atom. The number of allylic oxidation sites excluding steroid dienone is 1. The van der Waals surface area contributed by atoms with Gasteiger partial charge in [-0.1, -0.05) is 19.1 Å². The van der Waals surface area contributed by atoms with E-state index in [2.05, 4.69) is 20.4 Å². The summed E-state index contributed by atoms with van der Waals surface area (Å²) in [4.78, 5) is 0. The molecule has 2 nitrogen and oxygen atoms in total. The molecule has 0 N–H and O–H groups in total. The average molecular weight is 262 g/mol. The minimum atomic E-state index is -0.286. The average Bonchev–Trinajstić information content (AvgIpc) is 2.60. The molecule has 2 saturated carbocycles. The number of fused-ring (bicyclic) bond motifs is 3. The van der Waals surface area contributed by atoms with Crippen LogP contribution >= 0.6 is 0 Å². The quantitative estimate of drug-likeness (QED) is 0.613. The van der Waals surface area contributed by atoms with Gasteiger partial charge >= 0.3 is 0 Å². The lowest BCUT2D eigenvalue weighted by atomic mass is 9.49. The van der Waals surface area contributed by atoms with E-state index in [-0.39, 0.29) is 11.4 Å². The summed E-state index contributed by atoms with van der Waals surface area (Å²) in [5.74, 6) is 1.11. The third-order valence-electron chi connectivity index (χ3n) is 6.72. The predicted molar refractivity (Wildman–Crippen MR) is 74.7 cm³/mol. The number of rotatable bonds is 0. The molecule has 0 amide bonds. The van der Waals surface area contributed by atoms with Crippen LogP contribution in [0.2, 0.25) is 0 Å². The van der Waals surface area contributed by atoms with Crippen molar-refractivity contribution in [3.8, 4) is 0 Å². The summed E-state index contributed by atoms with van der Waals surface area (Å²) in [7, 11) is 0. The highest BCUT2D eigenvalue weighted by Gasteiger charge is 2.64. The van der Waals surface area contributed by atoms with Gasteiger partial charge in [0.2, 0.25) is 0 Å². The molecule has 106 valence electrons. The number of hydrogen-bond acceptors (Lipinski definition) is 2. The first kappa shape index (κ1) is 12.4. The lowest BCUT2D eigenvalue weighted by Gasteiger charge is -2.59. The number of ether oxygens (including phenoxy) is 2. The van der Waals surface area contributed by atoms with E-state index in [9.17, 15) is 0 Å². The van der Waals surface area contributed by atoms with E-state index in [1.54, 1.807) is 0 Å². The van der Waals surface area contributed by atoms with Crippen molar-refractivity contribution in [2.75, 3.05) is 6.61 Å². The summed E-state index contributed by atoms with van der Waals surface area (Å²) in [6, 6.07) is 0. The first-order valence-corrected chi connectivity index (χ1v) is 7.99. The first-order valence-electron chi connectivity index (χ1n) is 7.99. The van der Waals surface area contributed by atoms with E-state index in [4.69, 9.17) is 9.47 Å². The normalized spacial score (nSPS) is 56.6. The summed E-state index contributed by atoms with van der Waals surface area (Å²) < 4.78 is 12.5. The molecular formula is C17H26O2. The Bertz CT molecular complexity index is 431. The van der Waals surface area contributed by atoms with E-state index in [1.165, 1.54) is 44.1 Å². The van der Waals surface area contributed by atoms with Gasteiger partial charge in [-0.15, -0.1) is 0 Å². The van der Waals surface area contributed by atoms with Gasteiger partial charge in [0.1, 0.15) is 0 Å². The fourth-order valence-corrected chi connectivity index (χ4v) is 5.81. The Hall–Kier alpha value is -0.340. The number of hydrogen-bond donors (Lipinski definition) is 0. The maximum absolute atomic E-state index is 6.47. The second kappa shape index (κ2) is 3.65. The largest absolute Gasteiger partial charge is 0.347 e. The fraction of sp³-hybridized carbons (Fsp3) is 0.882. The van der Waals surface area contributed by atoms with Gasteiger partial charge in [0.25, 0.3) is 0 Å². The zero-order valence-corrected chi connectivity index (χ0v) is 12.3. The molecule has 0 aromatic carbocycles. The van der Waals surface area contributed by atoms with Crippen LogP contribution in [-0.4, -0.2) is 18.0 Å². The molecule has 2 bridgehead atoms. The van der Waals surface area contributed by atoms with Crippen LogP contribution in [0.25, 0.3) is 0 Å². The highest BCUT2D eigenvalue weighted by molar-refractivity contribution is 5.19. The van der Waals surface area contributed by atoms with Gasteiger partial charge in [-0.3, -0.25) is 0 Å². The summed E-state index contributed by atoms with van der Waals surface area (Å²) in [5.41, 5.74) is 1.94. The van der Waals surface area contributed by atoms with Crippen molar-refractivity contribution in [3.63, 3.8) is 0 Å². The third-order valence-corrected chi connectivity index (χ3v) is 6.72. The summed E-state index contributed by atoms with van der Waals surface area (Å²) in [5, 5.41) is 0. The molecule has 5 atom stereocenters. The Labute approximate surface area is 116 Å². The zero-order chi connectivity index (χ0) is 13.3. The molecule has 0 radical (unpaired) electrons. The van der Waals surface area contributed by atoms with Crippen LogP contribution in [-0.2, 0) is 9.47 Å². The Morgan fingerprint density at radius 1 is 1.16 bits per heavy atom. The lowest BCUT2D eigenvalue weighted by molar-refractivity contribution is -0.249. The molecule has 1 spiro atoms. The predicted octanol–water partition coefficient (Wildman–Crippen LogP) is 4.05. The van der Waals surface area contributed by atoms with Crippen molar-refractivity contribution < 1.29 is 9.47 Å². The summed E-state index contributed by atoms with van der Waals surface area (Å²) >= 11 is 0. The van der Waals surface area contributed by atoms with Crippen molar-refractivity contribution in [2.45, 2.75) is 70.2 Å². The van der Waals surface area contributed by atoms with E-state index in [0.717, 1.165) is 18.9 Å². The lowest BCUT2D eigenvalue weighted by Crippen LogP contribution is -2.59. The molecule has 4 fully saturated rings. The smallest absolute Gasteiger partial charge is 0.166 e. The minimum Gasteiger partial charge on any atom is -0.347 e. The molecule has 19 heavy (non-hydrogen) atoms. The molecule has 0 aromatic heterocycles. The van der Waals surface area contributed by atoms with Crippen LogP contribution < -0.4 is 0 Å². The monoisotopic (exact) mass is 262 g/mol. The maximum atomic E-state index is 6.47. The van der Waals surface area contributed by atoms with E-state index in [1.807, 2.05) is 0 Å². The second-order valence-corrected chi connectivity index (χ2v) is 7.79. The van der Waals surface area contributed by atoms with Gasteiger partial charge < -0.3 is 9.47 Å². The molecule has 2 saturated heterocycles. The molecule has 4 rings (SSSR count). The maximum Gasteiger partial charge on any atom is 0.166 e. The molecule has 4 aliphatic rings. The van der Waals surface area contributed by atoms with Gasteiger partial charge in [0.15, 0.2) is 5.79 Å². The molecule has 0 aromatic rings. The van der Waals surface area contributed by atoms with Gasteiger partial charge in [-0.25, -0.2) is 0 Å². The van der Waals surface area contributed by atoms with Crippen molar-refractivity contribution in [2.24, 2.45) is 17.3 Å². The topological polar surface area (TPSA) is 18.5 Å². The SMILES string of the molecule is C=C1CCC[C@@]2(C)[C@H]1CC[C@]13CO[C@](C)(CC[C@@H]12)O3. The van der Waals surface area contributed by atoms with E-state index < -0.39 is 0 Å². The molecule has 2 aliphatic carbocycles.